The standard InChI is InChI=1S/C17H12O6.C9H4O4.C8H6O4.C4H4O.CH4.H2/c18-13-9-5-1-2-6(22-5)10(9)14(19)17(13)15(20)11-7-3-4-8(23-7)12(11)16(17)21;10-5-1-2-6(11)9(5)7(12)3-4-8(9)13;9-7-5-3-1-2-4(11-3)6(5)8(10)12-7;1-2-4-5-3-1;;/h1-12H;1-4H;1-6H;1-4H;1H4;1H/i;;;;;1+1. The van der Waals surface area contributed by atoms with Crippen molar-refractivity contribution in [2.24, 2.45) is 46.3 Å². The van der Waals surface area contributed by atoms with Gasteiger partial charge in [0, 0.05) is 1.43 Å². The molecule has 0 amide bonds. The zero-order valence-corrected chi connectivity index (χ0v) is 27.1. The number of carbonyl (C=O) groups is 10. The second kappa shape index (κ2) is 12.2. The van der Waals surface area contributed by atoms with Crippen LogP contribution in [0.5, 0.6) is 0 Å². The Balaban J connectivity index is 0.000000125. The van der Waals surface area contributed by atoms with Crippen molar-refractivity contribution >= 4 is 58.2 Å². The van der Waals surface area contributed by atoms with Gasteiger partial charge in [0.1, 0.15) is 11.8 Å². The molecular formula is C39H32O15. The molecule has 15 heteroatoms. The predicted octanol–water partition coefficient (Wildman–Crippen LogP) is 0.606. The number of allylic oxidation sites excluding steroid dienone is 4. The van der Waals surface area contributed by atoms with E-state index in [0.717, 1.165) is 24.3 Å². The fourth-order valence-electron chi connectivity index (χ4n) is 9.46. The Morgan fingerprint density at radius 3 is 0.944 bits per heavy atom. The molecule has 0 radical (unpaired) electrons. The average molecular weight is 742 g/mol. The van der Waals surface area contributed by atoms with E-state index in [1.807, 2.05) is 24.3 Å². The second-order valence-electron chi connectivity index (χ2n) is 14.1. The van der Waals surface area contributed by atoms with Gasteiger partial charge in [0.05, 0.1) is 72.8 Å². The average Bonchev–Trinajstić information content (AvgIpc) is 3.97. The number of cyclic esters (lactones) is 2. The van der Waals surface area contributed by atoms with Gasteiger partial charge in [-0.1, -0.05) is 43.9 Å². The van der Waals surface area contributed by atoms with Crippen molar-refractivity contribution in [2.75, 3.05) is 0 Å². The van der Waals surface area contributed by atoms with Crippen LogP contribution in [0, 0.1) is 46.3 Å². The Kier molecular flexibility index (Phi) is 7.99. The van der Waals surface area contributed by atoms with Gasteiger partial charge < -0.3 is 23.4 Å². The zero-order valence-electron chi connectivity index (χ0n) is 27.1. The monoisotopic (exact) mass is 741 g/mol. The highest BCUT2D eigenvalue weighted by Crippen LogP contribution is 2.60. The van der Waals surface area contributed by atoms with Crippen LogP contribution in [0.3, 0.4) is 0 Å². The van der Waals surface area contributed by atoms with E-state index in [1.165, 1.54) is 0 Å². The summed E-state index contributed by atoms with van der Waals surface area (Å²) in [6.45, 7) is 0. The molecular weight excluding hydrogens is 708 g/mol. The molecule has 12 unspecified atom stereocenters. The van der Waals surface area contributed by atoms with Crippen LogP contribution in [0.2, 0.25) is 0 Å². The van der Waals surface area contributed by atoms with Crippen molar-refractivity contribution < 1.29 is 72.7 Å². The fraction of sp³-hybridized carbons (Fsp3) is 0.385. The first-order chi connectivity index (χ1) is 25.4. The van der Waals surface area contributed by atoms with E-state index in [0.29, 0.717) is 0 Å². The lowest BCUT2D eigenvalue weighted by Crippen LogP contribution is -2.48. The zero-order chi connectivity index (χ0) is 37.1. The molecule has 4 aliphatic carbocycles. The van der Waals surface area contributed by atoms with E-state index in [1.54, 1.807) is 36.8 Å². The largest absolute Gasteiger partial charge is 0.473 e. The SMILES string of the molecule is C.O=C1C2C3C=CC(O3)C2C(=O)C12C(=O)C1C3C=CC(O3)C1C2=O.O=C1C=CC(=O)C12C(=O)C=CC2=O.O=C1OC(=O)C2C3C=CC(O3)C12.[2HH].c1ccoc1. The third-order valence-electron chi connectivity index (χ3n) is 11.8. The van der Waals surface area contributed by atoms with E-state index in [9.17, 15) is 47.9 Å². The fourth-order valence-corrected chi connectivity index (χ4v) is 9.46. The van der Waals surface area contributed by atoms with Gasteiger partial charge in [-0.3, -0.25) is 47.9 Å². The van der Waals surface area contributed by atoms with E-state index >= 15 is 0 Å². The maximum Gasteiger partial charge on any atom is 0.320 e. The molecule has 7 aliphatic heterocycles. The molecule has 54 heavy (non-hydrogen) atoms. The van der Waals surface area contributed by atoms with Crippen molar-refractivity contribution in [2.45, 2.75) is 44.1 Å². The van der Waals surface area contributed by atoms with Crippen molar-refractivity contribution in [3.63, 3.8) is 0 Å². The number of Topliss-reactive ketones (excluding diaryl/α,β-unsaturated/α-hetero) is 4. The molecule has 4 saturated heterocycles. The van der Waals surface area contributed by atoms with Gasteiger partial charge in [0.15, 0.2) is 46.3 Å². The molecule has 6 bridgehead atoms. The molecule has 12 rings (SSSR count). The van der Waals surface area contributed by atoms with Gasteiger partial charge in [0.2, 0.25) is 10.8 Å². The van der Waals surface area contributed by atoms with E-state index < -0.39 is 117 Å². The third-order valence-corrected chi connectivity index (χ3v) is 11.8. The first-order valence-corrected chi connectivity index (χ1v) is 16.9. The summed E-state index contributed by atoms with van der Waals surface area (Å²) in [6, 6.07) is 3.67. The maximum absolute atomic E-state index is 13.1. The first-order valence-electron chi connectivity index (χ1n) is 16.9. The number of rotatable bonds is 0. The third kappa shape index (κ3) is 4.33. The molecule has 0 aromatic carbocycles. The highest BCUT2D eigenvalue weighted by molar-refractivity contribution is 6.51. The molecule has 8 heterocycles. The number of hydrogen-bond acceptors (Lipinski definition) is 15. The Morgan fingerprint density at radius 1 is 0.407 bits per heavy atom. The van der Waals surface area contributed by atoms with Crippen LogP contribution in [0.1, 0.15) is 8.85 Å². The van der Waals surface area contributed by atoms with Crippen molar-refractivity contribution in [3.05, 3.63) is 85.4 Å². The molecule has 11 aliphatic rings. The number of hydrogen-bond donors (Lipinski definition) is 0. The van der Waals surface area contributed by atoms with Crippen LogP contribution in [0.4, 0.5) is 0 Å². The summed E-state index contributed by atoms with van der Waals surface area (Å²) in [7, 11) is 0. The molecule has 15 nitrogen and oxygen atoms in total. The normalized spacial score (nSPS) is 41.7. The van der Waals surface area contributed by atoms with Crippen molar-refractivity contribution in [1.29, 1.82) is 0 Å². The summed E-state index contributed by atoms with van der Waals surface area (Å²) in [5.74, 6) is -9.37. The Bertz CT molecular complexity index is 1880. The number of esters is 2. The van der Waals surface area contributed by atoms with Crippen molar-refractivity contribution in [3.8, 4) is 0 Å². The molecule has 6 fully saturated rings. The van der Waals surface area contributed by atoms with Crippen LogP contribution >= 0.6 is 0 Å². The number of ether oxygens (including phenoxy) is 4. The summed E-state index contributed by atoms with van der Waals surface area (Å²) >= 11 is 0. The lowest BCUT2D eigenvalue weighted by atomic mass is 9.77. The molecule has 1 aromatic heterocycles. The molecule has 12 atom stereocenters. The summed E-state index contributed by atoms with van der Waals surface area (Å²) in [5.41, 5.74) is -4.14. The first kappa shape index (κ1) is 35.4. The smallest absolute Gasteiger partial charge is 0.320 e. The highest BCUT2D eigenvalue weighted by Gasteiger charge is 2.80. The highest BCUT2D eigenvalue weighted by atomic mass is 16.6. The maximum atomic E-state index is 13.1. The Morgan fingerprint density at radius 2 is 0.685 bits per heavy atom. The van der Waals surface area contributed by atoms with Crippen LogP contribution in [-0.2, 0) is 66.9 Å². The lowest BCUT2D eigenvalue weighted by molar-refractivity contribution is -0.157. The van der Waals surface area contributed by atoms with Crippen molar-refractivity contribution in [1.82, 2.24) is 0 Å². The minimum absolute atomic E-state index is 0. The minimum atomic E-state index is -2.08. The van der Waals surface area contributed by atoms with Gasteiger partial charge in [-0.25, -0.2) is 0 Å². The molecule has 2 saturated carbocycles. The summed E-state index contributed by atoms with van der Waals surface area (Å²) < 4.78 is 25.6. The van der Waals surface area contributed by atoms with Gasteiger partial charge in [-0.15, -0.1) is 0 Å². The van der Waals surface area contributed by atoms with E-state index in [4.69, 9.17) is 14.2 Å². The molecule has 278 valence electrons. The van der Waals surface area contributed by atoms with Gasteiger partial charge in [0.25, 0.3) is 0 Å². The molecule has 2 spiro atoms. The van der Waals surface area contributed by atoms with Crippen LogP contribution in [0.25, 0.3) is 0 Å². The summed E-state index contributed by atoms with van der Waals surface area (Å²) in [4.78, 5) is 119. The predicted molar refractivity (Wildman–Crippen MR) is 176 cm³/mol. The van der Waals surface area contributed by atoms with Crippen LogP contribution in [-0.4, -0.2) is 94.8 Å². The van der Waals surface area contributed by atoms with E-state index in [-0.39, 0.29) is 32.9 Å². The van der Waals surface area contributed by atoms with Crippen LogP contribution in [0.15, 0.2) is 89.8 Å². The lowest BCUT2D eigenvalue weighted by Gasteiger charge is -2.21. The van der Waals surface area contributed by atoms with E-state index in [2.05, 4.69) is 9.15 Å². The number of ketones is 8. The molecule has 1 aromatic rings. The Hall–Kier alpha value is -5.64. The quantitative estimate of drug-likeness (QED) is 0.202. The number of carbonyl (C=O) groups excluding carboxylic acids is 10. The van der Waals surface area contributed by atoms with Gasteiger partial charge in [-0.2, -0.15) is 0 Å². The second-order valence-corrected chi connectivity index (χ2v) is 14.1. The van der Waals surface area contributed by atoms with Crippen LogP contribution < -0.4 is 0 Å². The minimum Gasteiger partial charge on any atom is -0.473 e. The topological polar surface area (TPSA) is 221 Å². The number of fused-ring (bicyclic) bond motifs is 15. The molecule has 0 N–H and O–H groups in total. The summed E-state index contributed by atoms with van der Waals surface area (Å²) in [6.07, 6.45) is 15.5. The van der Waals surface area contributed by atoms with Gasteiger partial charge >= 0.3 is 11.9 Å². The van der Waals surface area contributed by atoms with Gasteiger partial charge in [-0.05, 0) is 36.4 Å². The Labute approximate surface area is 306 Å². The summed E-state index contributed by atoms with van der Waals surface area (Å²) in [5, 5.41) is 0. The number of furan rings is 1.